The molecule has 1 N–H and O–H groups in total. The van der Waals surface area contributed by atoms with E-state index in [9.17, 15) is 0 Å². The molecule has 30 heavy (non-hydrogen) atoms. The monoisotopic (exact) mass is 395 g/mol. The molecular formula is C19H13N11. The zero-order valence-corrected chi connectivity index (χ0v) is 15.7. The average molecular weight is 395 g/mol. The van der Waals surface area contributed by atoms with Gasteiger partial charge in [0.15, 0.2) is 23.0 Å². The molecule has 5 rings (SSSR count). The normalized spacial score (nSPS) is 11.3. The highest BCUT2D eigenvalue weighted by Crippen LogP contribution is 2.33. The van der Waals surface area contributed by atoms with Crippen LogP contribution in [-0.2, 0) is 0 Å². The smallest absolute Gasteiger partial charge is 0.252 e. The maximum atomic E-state index is 7.38. The maximum absolute atomic E-state index is 7.38. The van der Waals surface area contributed by atoms with Crippen molar-refractivity contribution in [2.24, 2.45) is 10.2 Å². The van der Waals surface area contributed by atoms with Gasteiger partial charge in [0, 0.05) is 18.0 Å². The van der Waals surface area contributed by atoms with Crippen LogP contribution in [0.15, 0.2) is 65.2 Å². The minimum atomic E-state index is 0.234. The number of aromatic nitrogens is 8. The van der Waals surface area contributed by atoms with Crippen LogP contribution in [0.3, 0.4) is 0 Å². The standard InChI is InChI=1S/C19H13N11/c1-12-15(18-27-25-16(29(18)28-12)13-7-4-3-5-8-13)24-26-17-14(20-2)11-23-30(17)19-21-9-6-10-22-19/h3-11,27H,1H3/b26-24+. The van der Waals surface area contributed by atoms with Crippen molar-refractivity contribution in [3.8, 4) is 17.3 Å². The minimum Gasteiger partial charge on any atom is -0.257 e. The molecule has 4 heterocycles. The van der Waals surface area contributed by atoms with Gasteiger partial charge in [-0.3, -0.25) is 5.10 Å². The molecular weight excluding hydrogens is 382 g/mol. The molecule has 0 saturated heterocycles. The van der Waals surface area contributed by atoms with E-state index in [0.29, 0.717) is 28.8 Å². The molecule has 11 nitrogen and oxygen atoms in total. The minimum absolute atomic E-state index is 0.234. The molecule has 0 bridgehead atoms. The molecule has 0 atom stereocenters. The first-order chi connectivity index (χ1) is 14.8. The predicted molar refractivity (Wildman–Crippen MR) is 107 cm³/mol. The highest BCUT2D eigenvalue weighted by Gasteiger charge is 2.18. The van der Waals surface area contributed by atoms with Crippen molar-refractivity contribution in [2.75, 3.05) is 0 Å². The number of hydrogen-bond acceptors (Lipinski definition) is 7. The van der Waals surface area contributed by atoms with E-state index in [4.69, 9.17) is 6.57 Å². The fourth-order valence-electron chi connectivity index (χ4n) is 2.97. The van der Waals surface area contributed by atoms with Crippen LogP contribution in [0.25, 0.3) is 27.8 Å². The van der Waals surface area contributed by atoms with Crippen LogP contribution < -0.4 is 0 Å². The quantitative estimate of drug-likeness (QED) is 0.365. The molecule has 0 unspecified atom stereocenters. The number of H-pyrrole nitrogens is 1. The Labute approximate surface area is 169 Å². The SMILES string of the molecule is [C-]#[N+]c1cnn(-c2ncccn2)c1/N=N/c1c(C)nn2c(-c3ccccc3)n[nH]c12. The summed E-state index contributed by atoms with van der Waals surface area (Å²) in [7, 11) is 0. The van der Waals surface area contributed by atoms with Crippen molar-refractivity contribution in [3.63, 3.8) is 0 Å². The number of aromatic amines is 1. The third kappa shape index (κ3) is 2.80. The summed E-state index contributed by atoms with van der Waals surface area (Å²) in [5.74, 6) is 1.20. The van der Waals surface area contributed by atoms with Crippen molar-refractivity contribution in [3.05, 3.63) is 72.1 Å². The van der Waals surface area contributed by atoms with E-state index >= 15 is 0 Å². The molecule has 0 amide bonds. The molecule has 0 fully saturated rings. The van der Waals surface area contributed by atoms with Crippen LogP contribution >= 0.6 is 0 Å². The molecule has 11 heteroatoms. The number of hydrogen-bond donors (Lipinski definition) is 1. The van der Waals surface area contributed by atoms with Gasteiger partial charge >= 0.3 is 0 Å². The van der Waals surface area contributed by atoms with Crippen molar-refractivity contribution in [1.82, 2.24) is 39.6 Å². The predicted octanol–water partition coefficient (Wildman–Crippen LogP) is 3.97. The Morgan fingerprint density at radius 2 is 1.87 bits per heavy atom. The summed E-state index contributed by atoms with van der Waals surface area (Å²) in [4.78, 5) is 11.8. The second-order valence-corrected chi connectivity index (χ2v) is 6.23. The summed E-state index contributed by atoms with van der Waals surface area (Å²) in [5, 5.41) is 24.7. The number of nitrogens with zero attached hydrogens (tertiary/aromatic N) is 10. The van der Waals surface area contributed by atoms with E-state index < -0.39 is 0 Å². The summed E-state index contributed by atoms with van der Waals surface area (Å²) >= 11 is 0. The van der Waals surface area contributed by atoms with E-state index in [-0.39, 0.29) is 11.5 Å². The van der Waals surface area contributed by atoms with Gasteiger partial charge in [-0.05, 0) is 13.0 Å². The van der Waals surface area contributed by atoms with E-state index in [0.717, 1.165) is 5.56 Å². The molecule has 0 saturated carbocycles. The Bertz CT molecular complexity index is 1400. The first kappa shape index (κ1) is 17.4. The Hall–Kier alpha value is -4.72. The molecule has 0 radical (unpaired) electrons. The Kier molecular flexibility index (Phi) is 4.07. The van der Waals surface area contributed by atoms with Crippen LogP contribution in [0.4, 0.5) is 17.2 Å². The fourth-order valence-corrected chi connectivity index (χ4v) is 2.97. The zero-order valence-electron chi connectivity index (χ0n) is 15.7. The Balaban J connectivity index is 1.59. The van der Waals surface area contributed by atoms with E-state index in [1.165, 1.54) is 10.9 Å². The van der Waals surface area contributed by atoms with Gasteiger partial charge < -0.3 is 0 Å². The van der Waals surface area contributed by atoms with Gasteiger partial charge in [-0.15, -0.1) is 10.2 Å². The Morgan fingerprint density at radius 3 is 2.63 bits per heavy atom. The second kappa shape index (κ2) is 7.02. The molecule has 5 aromatic rings. The lowest BCUT2D eigenvalue weighted by Gasteiger charge is -2.00. The van der Waals surface area contributed by atoms with Crippen molar-refractivity contribution < 1.29 is 0 Å². The lowest BCUT2D eigenvalue weighted by Crippen LogP contribution is -2.00. The van der Waals surface area contributed by atoms with E-state index in [1.807, 2.05) is 37.3 Å². The zero-order chi connectivity index (χ0) is 20.5. The van der Waals surface area contributed by atoms with Gasteiger partial charge in [0.25, 0.3) is 11.6 Å². The summed E-state index contributed by atoms with van der Waals surface area (Å²) in [5.41, 5.74) is 2.94. The van der Waals surface area contributed by atoms with Gasteiger partial charge in [0.05, 0.1) is 18.5 Å². The average Bonchev–Trinajstić information content (AvgIpc) is 3.47. The highest BCUT2D eigenvalue weighted by atomic mass is 15.4. The first-order valence-electron chi connectivity index (χ1n) is 8.90. The van der Waals surface area contributed by atoms with Gasteiger partial charge in [-0.2, -0.15) is 24.5 Å². The van der Waals surface area contributed by atoms with Crippen LogP contribution in [0, 0.1) is 13.5 Å². The summed E-state index contributed by atoms with van der Waals surface area (Å²) < 4.78 is 3.06. The van der Waals surface area contributed by atoms with Crippen molar-refractivity contribution in [2.45, 2.75) is 6.92 Å². The lowest BCUT2D eigenvalue weighted by molar-refractivity contribution is 0.803. The third-order valence-electron chi connectivity index (χ3n) is 4.36. The fraction of sp³-hybridized carbons (Fsp3) is 0.0526. The van der Waals surface area contributed by atoms with Gasteiger partial charge in [-0.1, -0.05) is 30.3 Å². The van der Waals surface area contributed by atoms with Crippen LogP contribution in [0.2, 0.25) is 0 Å². The van der Waals surface area contributed by atoms with Crippen LogP contribution in [0.5, 0.6) is 0 Å². The number of nitrogens with one attached hydrogen (secondary N) is 1. The summed E-state index contributed by atoms with van der Waals surface area (Å²) in [6.07, 6.45) is 4.58. The van der Waals surface area contributed by atoms with E-state index in [2.05, 4.69) is 45.4 Å². The molecule has 1 aromatic carbocycles. The topological polar surface area (TPSA) is 119 Å². The summed E-state index contributed by atoms with van der Waals surface area (Å²) in [6, 6.07) is 11.4. The molecule has 144 valence electrons. The molecule has 0 aliphatic rings. The number of fused-ring (bicyclic) bond motifs is 1. The number of rotatable bonds is 4. The number of benzene rings is 1. The number of aryl methyl sites for hydroxylation is 1. The van der Waals surface area contributed by atoms with Crippen LogP contribution in [-0.4, -0.2) is 39.6 Å². The van der Waals surface area contributed by atoms with Gasteiger partial charge in [0.2, 0.25) is 0 Å². The van der Waals surface area contributed by atoms with Gasteiger partial charge in [0.1, 0.15) is 0 Å². The molecule has 0 aliphatic heterocycles. The summed E-state index contributed by atoms with van der Waals surface area (Å²) in [6.45, 7) is 9.21. The van der Waals surface area contributed by atoms with Gasteiger partial charge in [-0.25, -0.2) is 14.8 Å². The van der Waals surface area contributed by atoms with E-state index in [1.54, 1.807) is 23.0 Å². The first-order valence-corrected chi connectivity index (χ1v) is 8.90. The van der Waals surface area contributed by atoms with Crippen molar-refractivity contribution in [1.29, 1.82) is 0 Å². The van der Waals surface area contributed by atoms with Crippen LogP contribution in [0.1, 0.15) is 5.69 Å². The van der Waals surface area contributed by atoms with Crippen molar-refractivity contribution >= 4 is 22.8 Å². The molecule has 0 aliphatic carbocycles. The lowest BCUT2D eigenvalue weighted by atomic mass is 10.2. The largest absolute Gasteiger partial charge is 0.257 e. The second-order valence-electron chi connectivity index (χ2n) is 6.23. The third-order valence-corrected chi connectivity index (χ3v) is 4.36. The Morgan fingerprint density at radius 1 is 1.07 bits per heavy atom. The molecule has 0 spiro atoms. The maximum Gasteiger partial charge on any atom is 0.252 e. The number of azo groups is 1. The highest BCUT2D eigenvalue weighted by molar-refractivity contribution is 5.71. The molecule has 4 aromatic heterocycles.